The van der Waals surface area contributed by atoms with Gasteiger partial charge in [0.15, 0.2) is 0 Å². The molecule has 0 bridgehead atoms. The molecule has 4 heteroatoms. The van der Waals surface area contributed by atoms with Gasteiger partial charge in [-0.1, -0.05) is 12.8 Å². The Labute approximate surface area is 92.3 Å². The molecule has 0 unspecified atom stereocenters. The van der Waals surface area contributed by atoms with Crippen LogP contribution < -0.4 is 0 Å². The molecule has 0 aromatic heterocycles. The van der Waals surface area contributed by atoms with Crippen molar-refractivity contribution in [2.45, 2.75) is 57.5 Å². The van der Waals surface area contributed by atoms with Gasteiger partial charge in [-0.2, -0.15) is 8.42 Å². The SMILES string of the molecule is CS(=O)(=O)OC1CCC2(CCCC2)CC1. The van der Waals surface area contributed by atoms with E-state index in [9.17, 15) is 8.42 Å². The highest BCUT2D eigenvalue weighted by Gasteiger charge is 2.38. The highest BCUT2D eigenvalue weighted by atomic mass is 32.2. The van der Waals surface area contributed by atoms with Gasteiger partial charge in [-0.15, -0.1) is 0 Å². The molecular weight excluding hydrogens is 212 g/mol. The van der Waals surface area contributed by atoms with E-state index in [0.29, 0.717) is 5.41 Å². The van der Waals surface area contributed by atoms with Crippen LogP contribution in [0.2, 0.25) is 0 Å². The van der Waals surface area contributed by atoms with Crippen LogP contribution in [-0.2, 0) is 14.3 Å². The molecule has 1 spiro atoms. The standard InChI is InChI=1S/C11H20O3S/c1-15(12,13)14-10-4-8-11(9-5-10)6-2-3-7-11/h10H,2-9H2,1H3. The van der Waals surface area contributed by atoms with Gasteiger partial charge in [-0.25, -0.2) is 0 Å². The van der Waals surface area contributed by atoms with Crippen LogP contribution in [0.15, 0.2) is 0 Å². The zero-order valence-electron chi connectivity index (χ0n) is 9.37. The smallest absolute Gasteiger partial charge is 0.264 e. The van der Waals surface area contributed by atoms with E-state index in [1.807, 2.05) is 0 Å². The topological polar surface area (TPSA) is 43.4 Å². The molecule has 2 fully saturated rings. The van der Waals surface area contributed by atoms with Gasteiger partial charge in [0.25, 0.3) is 10.1 Å². The largest absolute Gasteiger partial charge is 0.267 e. The Hall–Kier alpha value is -0.0900. The minimum absolute atomic E-state index is 0.0498. The van der Waals surface area contributed by atoms with Crippen molar-refractivity contribution in [3.63, 3.8) is 0 Å². The Bertz CT molecular complexity index is 305. The molecular formula is C11H20O3S. The van der Waals surface area contributed by atoms with E-state index in [2.05, 4.69) is 0 Å². The van der Waals surface area contributed by atoms with E-state index in [-0.39, 0.29) is 6.10 Å². The molecule has 15 heavy (non-hydrogen) atoms. The number of hydrogen-bond acceptors (Lipinski definition) is 3. The van der Waals surface area contributed by atoms with Crippen LogP contribution in [0.3, 0.4) is 0 Å². The maximum absolute atomic E-state index is 11.0. The summed E-state index contributed by atoms with van der Waals surface area (Å²) in [7, 11) is -3.26. The Morgan fingerprint density at radius 2 is 1.60 bits per heavy atom. The fraction of sp³-hybridized carbons (Fsp3) is 1.00. The van der Waals surface area contributed by atoms with Crippen LogP contribution in [-0.4, -0.2) is 20.8 Å². The van der Waals surface area contributed by atoms with Crippen molar-refractivity contribution in [1.82, 2.24) is 0 Å². The van der Waals surface area contributed by atoms with E-state index >= 15 is 0 Å². The lowest BCUT2D eigenvalue weighted by Crippen LogP contribution is -2.30. The first-order chi connectivity index (χ1) is 6.99. The number of rotatable bonds is 2. The van der Waals surface area contributed by atoms with Gasteiger partial charge in [0, 0.05) is 0 Å². The van der Waals surface area contributed by atoms with Crippen molar-refractivity contribution in [1.29, 1.82) is 0 Å². The van der Waals surface area contributed by atoms with Crippen LogP contribution in [0.25, 0.3) is 0 Å². The summed E-state index contributed by atoms with van der Waals surface area (Å²) in [6.07, 6.45) is 10.7. The molecule has 2 aliphatic rings. The molecule has 0 saturated heterocycles. The average Bonchev–Trinajstić information content (AvgIpc) is 2.56. The summed E-state index contributed by atoms with van der Waals surface area (Å²) in [5, 5.41) is 0. The third-order valence-electron chi connectivity index (χ3n) is 3.97. The summed E-state index contributed by atoms with van der Waals surface area (Å²) in [4.78, 5) is 0. The minimum Gasteiger partial charge on any atom is -0.267 e. The molecule has 0 aliphatic heterocycles. The second-order valence-electron chi connectivity index (χ2n) is 5.21. The fourth-order valence-corrected chi connectivity index (χ4v) is 3.86. The van der Waals surface area contributed by atoms with Gasteiger partial charge in [0.1, 0.15) is 0 Å². The summed E-state index contributed by atoms with van der Waals surface area (Å²) in [5.74, 6) is 0. The summed E-state index contributed by atoms with van der Waals surface area (Å²) in [5.41, 5.74) is 0.553. The predicted molar refractivity (Wildman–Crippen MR) is 59.1 cm³/mol. The van der Waals surface area contributed by atoms with Gasteiger partial charge in [-0.05, 0) is 43.9 Å². The van der Waals surface area contributed by atoms with Crippen LogP contribution in [0.4, 0.5) is 0 Å². The first kappa shape index (κ1) is 11.4. The van der Waals surface area contributed by atoms with E-state index < -0.39 is 10.1 Å². The van der Waals surface area contributed by atoms with E-state index in [0.717, 1.165) is 31.9 Å². The Kier molecular flexibility index (Phi) is 3.08. The van der Waals surface area contributed by atoms with E-state index in [1.54, 1.807) is 0 Å². The van der Waals surface area contributed by atoms with Crippen molar-refractivity contribution in [3.8, 4) is 0 Å². The van der Waals surface area contributed by atoms with Crippen LogP contribution in [0, 0.1) is 5.41 Å². The lowest BCUT2D eigenvalue weighted by molar-refractivity contribution is 0.0875. The highest BCUT2D eigenvalue weighted by molar-refractivity contribution is 7.86. The number of hydrogen-bond donors (Lipinski definition) is 0. The molecule has 0 radical (unpaired) electrons. The Balaban J connectivity index is 1.87. The van der Waals surface area contributed by atoms with Crippen LogP contribution in [0.1, 0.15) is 51.4 Å². The Morgan fingerprint density at radius 3 is 2.07 bits per heavy atom. The van der Waals surface area contributed by atoms with Crippen molar-refractivity contribution >= 4 is 10.1 Å². The van der Waals surface area contributed by atoms with E-state index in [1.165, 1.54) is 25.7 Å². The van der Waals surface area contributed by atoms with Crippen LogP contribution >= 0.6 is 0 Å². The summed E-state index contributed by atoms with van der Waals surface area (Å²) in [6, 6.07) is 0. The quantitative estimate of drug-likeness (QED) is 0.687. The Morgan fingerprint density at radius 1 is 1.07 bits per heavy atom. The summed E-state index contributed by atoms with van der Waals surface area (Å²) < 4.78 is 27.0. The van der Waals surface area contributed by atoms with Crippen LogP contribution in [0.5, 0.6) is 0 Å². The van der Waals surface area contributed by atoms with Gasteiger partial charge in [0.2, 0.25) is 0 Å². The molecule has 0 aromatic rings. The lowest BCUT2D eigenvalue weighted by Gasteiger charge is -2.36. The second kappa shape index (κ2) is 4.06. The minimum atomic E-state index is -3.26. The first-order valence-electron chi connectivity index (χ1n) is 5.87. The molecule has 2 rings (SSSR count). The predicted octanol–water partition coefficient (Wildman–Crippen LogP) is 2.47. The van der Waals surface area contributed by atoms with Gasteiger partial charge in [-0.3, -0.25) is 4.18 Å². The van der Waals surface area contributed by atoms with Crippen molar-refractivity contribution < 1.29 is 12.6 Å². The average molecular weight is 232 g/mol. The molecule has 3 nitrogen and oxygen atoms in total. The maximum atomic E-state index is 11.0. The molecule has 0 atom stereocenters. The monoisotopic (exact) mass is 232 g/mol. The molecule has 0 amide bonds. The first-order valence-corrected chi connectivity index (χ1v) is 7.69. The highest BCUT2D eigenvalue weighted by Crippen LogP contribution is 2.49. The second-order valence-corrected chi connectivity index (χ2v) is 6.81. The van der Waals surface area contributed by atoms with Gasteiger partial charge >= 0.3 is 0 Å². The van der Waals surface area contributed by atoms with Gasteiger partial charge < -0.3 is 0 Å². The molecule has 0 N–H and O–H groups in total. The third kappa shape index (κ3) is 2.94. The summed E-state index contributed by atoms with van der Waals surface area (Å²) in [6.45, 7) is 0. The molecule has 2 saturated carbocycles. The van der Waals surface area contributed by atoms with Crippen molar-refractivity contribution in [3.05, 3.63) is 0 Å². The third-order valence-corrected chi connectivity index (χ3v) is 4.59. The fourth-order valence-electron chi connectivity index (χ4n) is 3.17. The zero-order valence-corrected chi connectivity index (χ0v) is 10.2. The molecule has 0 heterocycles. The molecule has 0 aromatic carbocycles. The zero-order chi connectivity index (χ0) is 10.9. The maximum Gasteiger partial charge on any atom is 0.264 e. The van der Waals surface area contributed by atoms with Crippen molar-refractivity contribution in [2.24, 2.45) is 5.41 Å². The lowest BCUT2D eigenvalue weighted by atomic mass is 9.72. The van der Waals surface area contributed by atoms with Gasteiger partial charge in [0.05, 0.1) is 12.4 Å². The summed E-state index contributed by atoms with van der Waals surface area (Å²) >= 11 is 0. The normalized spacial score (nSPS) is 27.3. The van der Waals surface area contributed by atoms with E-state index in [4.69, 9.17) is 4.18 Å². The van der Waals surface area contributed by atoms with Crippen molar-refractivity contribution in [2.75, 3.05) is 6.26 Å². The molecule has 2 aliphatic carbocycles. The molecule has 88 valence electrons.